The number of carboxylic acid groups (broad SMARTS) is 1. The SMILES string of the molecule is Cc1ccc(N(CC2CC2)C2CC2)c(C(=O)O)c1. The molecule has 0 aliphatic heterocycles. The molecular formula is C15H19NO2. The van der Waals surface area contributed by atoms with Crippen molar-refractivity contribution in [3.05, 3.63) is 29.3 Å². The fraction of sp³-hybridized carbons (Fsp3) is 0.533. The van der Waals surface area contributed by atoms with Crippen molar-refractivity contribution in [3.63, 3.8) is 0 Å². The molecule has 18 heavy (non-hydrogen) atoms. The summed E-state index contributed by atoms with van der Waals surface area (Å²) in [6, 6.07) is 6.37. The third-order valence-electron chi connectivity index (χ3n) is 3.83. The first-order valence-electron chi connectivity index (χ1n) is 6.76. The molecule has 0 aromatic heterocycles. The maximum Gasteiger partial charge on any atom is 0.337 e. The summed E-state index contributed by atoms with van der Waals surface area (Å²) in [5.74, 6) is -0.0244. The molecule has 1 aromatic rings. The third-order valence-corrected chi connectivity index (χ3v) is 3.83. The summed E-state index contributed by atoms with van der Waals surface area (Å²) in [6.07, 6.45) is 5.02. The van der Waals surface area contributed by atoms with E-state index in [0.29, 0.717) is 11.6 Å². The van der Waals surface area contributed by atoms with Gasteiger partial charge in [0.15, 0.2) is 0 Å². The van der Waals surface area contributed by atoms with Gasteiger partial charge in [-0.3, -0.25) is 0 Å². The maximum absolute atomic E-state index is 11.4. The van der Waals surface area contributed by atoms with E-state index < -0.39 is 5.97 Å². The molecule has 1 N–H and O–H groups in total. The van der Waals surface area contributed by atoms with Gasteiger partial charge in [0, 0.05) is 12.6 Å². The quantitative estimate of drug-likeness (QED) is 0.866. The van der Waals surface area contributed by atoms with Crippen LogP contribution in [0.5, 0.6) is 0 Å². The second-order valence-corrected chi connectivity index (χ2v) is 5.65. The van der Waals surface area contributed by atoms with E-state index in [4.69, 9.17) is 0 Å². The van der Waals surface area contributed by atoms with Gasteiger partial charge >= 0.3 is 5.97 Å². The molecule has 0 spiro atoms. The predicted octanol–water partition coefficient (Wildman–Crippen LogP) is 3.07. The molecule has 3 nitrogen and oxygen atoms in total. The summed E-state index contributed by atoms with van der Waals surface area (Å²) in [6.45, 7) is 2.98. The second-order valence-electron chi connectivity index (χ2n) is 5.65. The van der Waals surface area contributed by atoms with Crippen LogP contribution in [0.15, 0.2) is 18.2 Å². The zero-order chi connectivity index (χ0) is 12.7. The molecule has 2 aliphatic rings. The van der Waals surface area contributed by atoms with Crippen molar-refractivity contribution in [2.75, 3.05) is 11.4 Å². The zero-order valence-electron chi connectivity index (χ0n) is 10.7. The Morgan fingerprint density at radius 3 is 2.61 bits per heavy atom. The van der Waals surface area contributed by atoms with Gasteiger partial charge in [0.05, 0.1) is 11.3 Å². The first-order valence-corrected chi connectivity index (χ1v) is 6.76. The lowest BCUT2D eigenvalue weighted by Gasteiger charge is -2.26. The third kappa shape index (κ3) is 2.35. The fourth-order valence-electron chi connectivity index (χ4n) is 2.48. The van der Waals surface area contributed by atoms with Gasteiger partial charge in [-0.15, -0.1) is 0 Å². The van der Waals surface area contributed by atoms with E-state index >= 15 is 0 Å². The van der Waals surface area contributed by atoms with Gasteiger partial charge in [0.2, 0.25) is 0 Å². The molecule has 2 aliphatic carbocycles. The number of hydrogen-bond donors (Lipinski definition) is 1. The van der Waals surface area contributed by atoms with Gasteiger partial charge in [0.25, 0.3) is 0 Å². The van der Waals surface area contributed by atoms with E-state index in [2.05, 4.69) is 4.90 Å². The van der Waals surface area contributed by atoms with Gasteiger partial charge in [0.1, 0.15) is 0 Å². The maximum atomic E-state index is 11.4. The van der Waals surface area contributed by atoms with E-state index in [1.165, 1.54) is 25.7 Å². The van der Waals surface area contributed by atoms with Crippen molar-refractivity contribution in [1.82, 2.24) is 0 Å². The number of hydrogen-bond acceptors (Lipinski definition) is 2. The van der Waals surface area contributed by atoms with Gasteiger partial charge < -0.3 is 10.0 Å². The number of aryl methyl sites for hydroxylation is 1. The molecule has 0 bridgehead atoms. The van der Waals surface area contributed by atoms with E-state index in [-0.39, 0.29) is 0 Å². The molecule has 0 heterocycles. The standard InChI is InChI=1S/C15H19NO2/c1-10-2-7-14(13(8-10)15(17)18)16(12-5-6-12)9-11-3-4-11/h2,7-8,11-12H,3-6,9H2,1H3,(H,17,18). The number of carboxylic acids is 1. The van der Waals surface area contributed by atoms with Crippen LogP contribution in [-0.2, 0) is 0 Å². The fourth-order valence-corrected chi connectivity index (χ4v) is 2.48. The van der Waals surface area contributed by atoms with Crippen molar-refractivity contribution >= 4 is 11.7 Å². The van der Waals surface area contributed by atoms with Gasteiger partial charge in [-0.05, 0) is 50.7 Å². The minimum absolute atomic E-state index is 0.461. The van der Waals surface area contributed by atoms with Crippen LogP contribution < -0.4 is 4.90 Å². The lowest BCUT2D eigenvalue weighted by atomic mass is 10.1. The second kappa shape index (κ2) is 4.30. The number of nitrogens with zero attached hydrogens (tertiary/aromatic N) is 1. The van der Waals surface area contributed by atoms with Crippen molar-refractivity contribution in [1.29, 1.82) is 0 Å². The molecule has 0 radical (unpaired) electrons. The Kier molecular flexibility index (Phi) is 2.77. The van der Waals surface area contributed by atoms with E-state index in [1.807, 2.05) is 19.1 Å². The normalized spacial score (nSPS) is 18.7. The van der Waals surface area contributed by atoms with Crippen LogP contribution in [0.4, 0.5) is 5.69 Å². The molecule has 96 valence electrons. The summed E-state index contributed by atoms with van der Waals surface area (Å²) in [4.78, 5) is 13.7. The van der Waals surface area contributed by atoms with Crippen LogP contribution in [0.1, 0.15) is 41.6 Å². The Hall–Kier alpha value is -1.51. The molecule has 0 amide bonds. The smallest absolute Gasteiger partial charge is 0.337 e. The van der Waals surface area contributed by atoms with Crippen LogP contribution in [-0.4, -0.2) is 23.7 Å². The molecular weight excluding hydrogens is 226 g/mol. The lowest BCUT2D eigenvalue weighted by molar-refractivity contribution is 0.0697. The number of aromatic carboxylic acids is 1. The molecule has 3 heteroatoms. The van der Waals surface area contributed by atoms with Crippen LogP contribution in [0, 0.1) is 12.8 Å². The molecule has 2 fully saturated rings. The average Bonchev–Trinajstić information content (AvgIpc) is 3.19. The van der Waals surface area contributed by atoms with E-state index in [0.717, 1.165) is 23.7 Å². The highest BCUT2D eigenvalue weighted by molar-refractivity contribution is 5.94. The summed E-state index contributed by atoms with van der Waals surface area (Å²) in [5.41, 5.74) is 2.39. The topological polar surface area (TPSA) is 40.5 Å². The van der Waals surface area contributed by atoms with Crippen molar-refractivity contribution < 1.29 is 9.90 Å². The summed E-state index contributed by atoms with van der Waals surface area (Å²) < 4.78 is 0. The molecule has 0 atom stereocenters. The largest absolute Gasteiger partial charge is 0.478 e. The molecule has 0 saturated heterocycles. The molecule has 2 saturated carbocycles. The Morgan fingerprint density at radius 1 is 1.33 bits per heavy atom. The highest BCUT2D eigenvalue weighted by atomic mass is 16.4. The first-order chi connectivity index (χ1) is 8.65. The average molecular weight is 245 g/mol. The van der Waals surface area contributed by atoms with Crippen molar-refractivity contribution in [2.45, 2.75) is 38.6 Å². The van der Waals surface area contributed by atoms with E-state index in [9.17, 15) is 9.90 Å². The minimum atomic E-state index is -0.810. The highest BCUT2D eigenvalue weighted by Gasteiger charge is 2.35. The molecule has 1 aromatic carbocycles. The van der Waals surface area contributed by atoms with Gasteiger partial charge in [-0.2, -0.15) is 0 Å². The van der Waals surface area contributed by atoms with Crippen molar-refractivity contribution in [2.24, 2.45) is 5.92 Å². The number of rotatable bonds is 5. The van der Waals surface area contributed by atoms with Crippen LogP contribution in [0.3, 0.4) is 0 Å². The van der Waals surface area contributed by atoms with Crippen LogP contribution in [0.25, 0.3) is 0 Å². The Balaban J connectivity index is 1.93. The number of anilines is 1. The summed E-state index contributed by atoms with van der Waals surface area (Å²) in [5, 5.41) is 9.36. The van der Waals surface area contributed by atoms with Gasteiger partial charge in [-0.25, -0.2) is 4.79 Å². The summed E-state index contributed by atoms with van der Waals surface area (Å²) >= 11 is 0. The number of benzene rings is 1. The monoisotopic (exact) mass is 245 g/mol. The highest BCUT2D eigenvalue weighted by Crippen LogP contribution is 2.39. The molecule has 3 rings (SSSR count). The van der Waals surface area contributed by atoms with E-state index in [1.54, 1.807) is 6.07 Å². The Labute approximate surface area is 107 Å². The van der Waals surface area contributed by atoms with Crippen LogP contribution in [0.2, 0.25) is 0 Å². The first kappa shape index (κ1) is 11.6. The Morgan fingerprint density at radius 2 is 2.06 bits per heavy atom. The molecule has 0 unspecified atom stereocenters. The number of carbonyl (C=O) groups is 1. The van der Waals surface area contributed by atoms with Crippen molar-refractivity contribution in [3.8, 4) is 0 Å². The minimum Gasteiger partial charge on any atom is -0.478 e. The summed E-state index contributed by atoms with van der Waals surface area (Å²) in [7, 11) is 0. The predicted molar refractivity (Wildman–Crippen MR) is 71.2 cm³/mol. The van der Waals surface area contributed by atoms with Gasteiger partial charge in [-0.1, -0.05) is 11.6 Å². The van der Waals surface area contributed by atoms with Crippen LogP contribution >= 0.6 is 0 Å². The lowest BCUT2D eigenvalue weighted by Crippen LogP contribution is -2.29. The Bertz CT molecular complexity index is 475. The zero-order valence-corrected chi connectivity index (χ0v) is 10.7.